The summed E-state index contributed by atoms with van der Waals surface area (Å²) in [6.45, 7) is 6.82. The highest BCUT2D eigenvalue weighted by Crippen LogP contribution is 2.20. The van der Waals surface area contributed by atoms with Crippen LogP contribution in [0.25, 0.3) is 10.8 Å². The van der Waals surface area contributed by atoms with E-state index in [0.29, 0.717) is 19.6 Å². The van der Waals surface area contributed by atoms with Gasteiger partial charge in [-0.05, 0) is 66.4 Å². The van der Waals surface area contributed by atoms with Crippen LogP contribution in [0.2, 0.25) is 0 Å². The molecule has 28 heavy (non-hydrogen) atoms. The Balaban J connectivity index is 1.49. The summed E-state index contributed by atoms with van der Waals surface area (Å²) < 4.78 is 11.7. The van der Waals surface area contributed by atoms with Gasteiger partial charge in [-0.2, -0.15) is 0 Å². The first-order chi connectivity index (χ1) is 13.5. The summed E-state index contributed by atoms with van der Waals surface area (Å²) in [7, 11) is 0. The topological polar surface area (TPSA) is 47.6 Å². The average Bonchev–Trinajstić information content (AvgIpc) is 2.68. The summed E-state index contributed by atoms with van der Waals surface area (Å²) in [4.78, 5) is 12.4. The Kier molecular flexibility index (Phi) is 6.53. The van der Waals surface area contributed by atoms with Crippen molar-refractivity contribution >= 4 is 16.7 Å². The lowest BCUT2D eigenvalue weighted by Gasteiger charge is -2.18. The van der Waals surface area contributed by atoms with Crippen LogP contribution < -0.4 is 14.8 Å². The highest BCUT2D eigenvalue weighted by molar-refractivity contribution is 5.83. The number of rotatable bonds is 8. The zero-order valence-electron chi connectivity index (χ0n) is 16.7. The molecule has 1 amide bonds. The van der Waals surface area contributed by atoms with E-state index in [1.165, 1.54) is 5.39 Å². The van der Waals surface area contributed by atoms with Crippen molar-refractivity contribution in [3.05, 3.63) is 71.8 Å². The van der Waals surface area contributed by atoms with Crippen LogP contribution in [0.3, 0.4) is 0 Å². The zero-order valence-corrected chi connectivity index (χ0v) is 16.7. The van der Waals surface area contributed by atoms with Gasteiger partial charge in [0.1, 0.15) is 18.1 Å². The predicted molar refractivity (Wildman–Crippen MR) is 113 cm³/mol. The van der Waals surface area contributed by atoms with Crippen molar-refractivity contribution in [3.63, 3.8) is 0 Å². The maximum Gasteiger partial charge on any atom is 0.261 e. The Morgan fingerprint density at radius 2 is 1.64 bits per heavy atom. The van der Waals surface area contributed by atoms with Crippen molar-refractivity contribution in [1.82, 2.24) is 5.32 Å². The van der Waals surface area contributed by atoms with Crippen LogP contribution in [-0.2, 0) is 4.79 Å². The van der Waals surface area contributed by atoms with Crippen molar-refractivity contribution in [2.45, 2.75) is 33.3 Å². The lowest BCUT2D eigenvalue weighted by molar-refractivity contribution is -0.128. The summed E-state index contributed by atoms with van der Waals surface area (Å²) in [5.41, 5.74) is 2.24. The summed E-state index contributed by atoms with van der Waals surface area (Å²) in [6, 6.07) is 20.1. The van der Waals surface area contributed by atoms with Crippen LogP contribution in [0.15, 0.2) is 60.7 Å². The van der Waals surface area contributed by atoms with Gasteiger partial charge < -0.3 is 14.8 Å². The maximum atomic E-state index is 12.4. The number of benzene rings is 3. The fourth-order valence-corrected chi connectivity index (χ4v) is 3.20. The number of fused-ring (bicyclic) bond motifs is 1. The van der Waals surface area contributed by atoms with Crippen molar-refractivity contribution in [1.29, 1.82) is 0 Å². The molecule has 0 saturated heterocycles. The standard InChI is InChI=1S/C24H27NO3/c1-4-23(28-22-14-17(2)13-18(3)15-22)24(26)25-11-12-27-21-10-9-19-7-5-6-8-20(19)16-21/h5-10,13-16,23H,4,11-12H2,1-3H3,(H,25,26). The van der Waals surface area contributed by atoms with Crippen LogP contribution in [0, 0.1) is 13.8 Å². The molecule has 146 valence electrons. The number of ether oxygens (including phenoxy) is 2. The zero-order chi connectivity index (χ0) is 19.9. The van der Waals surface area contributed by atoms with Crippen LogP contribution in [0.5, 0.6) is 11.5 Å². The summed E-state index contributed by atoms with van der Waals surface area (Å²) >= 11 is 0. The Morgan fingerprint density at radius 1 is 0.929 bits per heavy atom. The normalized spacial score (nSPS) is 11.8. The van der Waals surface area contributed by atoms with E-state index < -0.39 is 6.10 Å². The summed E-state index contributed by atoms with van der Waals surface area (Å²) in [5.74, 6) is 1.40. The molecule has 0 aromatic heterocycles. The van der Waals surface area contributed by atoms with E-state index in [0.717, 1.165) is 28.0 Å². The second kappa shape index (κ2) is 9.27. The van der Waals surface area contributed by atoms with E-state index in [-0.39, 0.29) is 5.91 Å². The van der Waals surface area contributed by atoms with Crippen molar-refractivity contribution in [3.8, 4) is 11.5 Å². The van der Waals surface area contributed by atoms with E-state index in [1.54, 1.807) is 0 Å². The predicted octanol–water partition coefficient (Wildman–Crippen LogP) is 4.81. The first-order valence-corrected chi connectivity index (χ1v) is 9.69. The number of carbonyl (C=O) groups excluding carboxylic acids is 1. The van der Waals surface area contributed by atoms with Gasteiger partial charge in [0.2, 0.25) is 0 Å². The van der Waals surface area contributed by atoms with Gasteiger partial charge >= 0.3 is 0 Å². The van der Waals surface area contributed by atoms with Gasteiger partial charge in [0.15, 0.2) is 6.10 Å². The minimum absolute atomic E-state index is 0.122. The third kappa shape index (κ3) is 5.26. The Bertz CT molecular complexity index is 931. The molecule has 0 spiro atoms. The molecule has 4 heteroatoms. The smallest absolute Gasteiger partial charge is 0.261 e. The molecule has 4 nitrogen and oxygen atoms in total. The van der Waals surface area contributed by atoms with E-state index in [1.807, 2.05) is 63.2 Å². The van der Waals surface area contributed by atoms with Gasteiger partial charge in [-0.15, -0.1) is 0 Å². The Labute approximate surface area is 166 Å². The molecular formula is C24H27NO3. The van der Waals surface area contributed by atoms with Crippen molar-refractivity contribution in [2.75, 3.05) is 13.2 Å². The molecule has 0 radical (unpaired) electrons. The van der Waals surface area contributed by atoms with Gasteiger partial charge in [0, 0.05) is 0 Å². The summed E-state index contributed by atoms with van der Waals surface area (Å²) in [6.07, 6.45) is 0.0894. The molecule has 0 bridgehead atoms. The second-order valence-corrected chi connectivity index (χ2v) is 6.99. The Morgan fingerprint density at radius 3 is 2.36 bits per heavy atom. The third-order valence-corrected chi connectivity index (χ3v) is 4.53. The molecule has 0 aliphatic rings. The van der Waals surface area contributed by atoms with Crippen molar-refractivity contribution < 1.29 is 14.3 Å². The van der Waals surface area contributed by atoms with Crippen LogP contribution >= 0.6 is 0 Å². The minimum Gasteiger partial charge on any atom is -0.492 e. The molecule has 0 aliphatic carbocycles. The van der Waals surface area contributed by atoms with Gasteiger partial charge in [-0.3, -0.25) is 4.79 Å². The monoisotopic (exact) mass is 377 g/mol. The SMILES string of the molecule is CCC(Oc1cc(C)cc(C)c1)C(=O)NCCOc1ccc2ccccc2c1. The number of nitrogens with one attached hydrogen (secondary N) is 1. The molecular weight excluding hydrogens is 350 g/mol. The number of amides is 1. The fraction of sp³-hybridized carbons (Fsp3) is 0.292. The molecule has 0 saturated carbocycles. The molecule has 0 aliphatic heterocycles. The number of aryl methyl sites for hydroxylation is 2. The largest absolute Gasteiger partial charge is 0.492 e. The molecule has 3 rings (SSSR count). The quantitative estimate of drug-likeness (QED) is 0.573. The second-order valence-electron chi connectivity index (χ2n) is 6.99. The number of carbonyl (C=O) groups is 1. The first-order valence-electron chi connectivity index (χ1n) is 9.69. The molecule has 3 aromatic carbocycles. The van der Waals surface area contributed by atoms with Gasteiger partial charge in [0.25, 0.3) is 5.91 Å². The highest BCUT2D eigenvalue weighted by atomic mass is 16.5. The van der Waals surface area contributed by atoms with Crippen LogP contribution in [0.4, 0.5) is 0 Å². The molecule has 1 N–H and O–H groups in total. The van der Waals surface area contributed by atoms with Crippen LogP contribution in [0.1, 0.15) is 24.5 Å². The first kappa shape index (κ1) is 19.7. The summed E-state index contributed by atoms with van der Waals surface area (Å²) in [5, 5.41) is 5.22. The van der Waals surface area contributed by atoms with E-state index in [4.69, 9.17) is 9.47 Å². The average molecular weight is 377 g/mol. The highest BCUT2D eigenvalue weighted by Gasteiger charge is 2.18. The Hall–Kier alpha value is -3.01. The van der Waals surface area contributed by atoms with Gasteiger partial charge in [-0.25, -0.2) is 0 Å². The molecule has 1 unspecified atom stereocenters. The van der Waals surface area contributed by atoms with Crippen LogP contribution in [-0.4, -0.2) is 25.2 Å². The molecule has 3 aromatic rings. The minimum atomic E-state index is -0.512. The molecule has 0 fully saturated rings. The fourth-order valence-electron chi connectivity index (χ4n) is 3.20. The van der Waals surface area contributed by atoms with E-state index in [2.05, 4.69) is 23.5 Å². The van der Waals surface area contributed by atoms with Gasteiger partial charge in [0.05, 0.1) is 6.54 Å². The maximum absolute atomic E-state index is 12.4. The van der Waals surface area contributed by atoms with Crippen molar-refractivity contribution in [2.24, 2.45) is 0 Å². The van der Waals surface area contributed by atoms with E-state index >= 15 is 0 Å². The lowest BCUT2D eigenvalue weighted by atomic mass is 10.1. The molecule has 0 heterocycles. The lowest BCUT2D eigenvalue weighted by Crippen LogP contribution is -2.39. The molecule has 1 atom stereocenters. The number of hydrogen-bond donors (Lipinski definition) is 1. The van der Waals surface area contributed by atoms with E-state index in [9.17, 15) is 4.79 Å². The third-order valence-electron chi connectivity index (χ3n) is 4.53. The van der Waals surface area contributed by atoms with Gasteiger partial charge in [-0.1, -0.05) is 43.3 Å². The number of hydrogen-bond acceptors (Lipinski definition) is 3.